The smallest absolute Gasteiger partial charge is 0.147 e. The summed E-state index contributed by atoms with van der Waals surface area (Å²) < 4.78 is 13.2. The Balaban J connectivity index is 2.71. The van der Waals surface area contributed by atoms with E-state index in [2.05, 4.69) is 11.9 Å². The fraction of sp³-hybridized carbons (Fsp3) is 0.273. The first-order valence-electron chi connectivity index (χ1n) is 4.49. The van der Waals surface area contributed by atoms with Crippen molar-refractivity contribution in [1.29, 1.82) is 0 Å². The number of hydrogen-bond acceptors (Lipinski definition) is 1. The molecule has 0 radical (unpaired) electrons. The topological polar surface area (TPSA) is 12.0 Å². The van der Waals surface area contributed by atoms with E-state index in [4.69, 9.17) is 11.6 Å². The Bertz CT molecular complexity index is 316. The highest BCUT2D eigenvalue weighted by Gasteiger charge is 2.05. The summed E-state index contributed by atoms with van der Waals surface area (Å²) in [7, 11) is 0. The Morgan fingerprint density at radius 1 is 1.57 bits per heavy atom. The van der Waals surface area contributed by atoms with E-state index in [1.807, 2.05) is 6.92 Å². The van der Waals surface area contributed by atoms with Gasteiger partial charge in [-0.05, 0) is 18.6 Å². The Morgan fingerprint density at radius 2 is 2.29 bits per heavy atom. The van der Waals surface area contributed by atoms with Crippen molar-refractivity contribution >= 4 is 17.3 Å². The Morgan fingerprint density at radius 3 is 2.86 bits per heavy atom. The van der Waals surface area contributed by atoms with Crippen molar-refractivity contribution < 1.29 is 4.39 Å². The van der Waals surface area contributed by atoms with E-state index in [9.17, 15) is 4.39 Å². The lowest BCUT2D eigenvalue weighted by Gasteiger charge is -2.09. The normalized spacial score (nSPS) is 9.93. The number of para-hydroxylation sites is 1. The van der Waals surface area contributed by atoms with Crippen molar-refractivity contribution in [3.63, 3.8) is 0 Å². The highest BCUT2D eigenvalue weighted by molar-refractivity contribution is 6.33. The lowest BCUT2D eigenvalue weighted by Crippen LogP contribution is -2.05. The third-order valence-corrected chi connectivity index (χ3v) is 2.29. The van der Waals surface area contributed by atoms with Crippen LogP contribution in [0.3, 0.4) is 0 Å². The highest BCUT2D eigenvalue weighted by Crippen LogP contribution is 2.24. The Hall–Kier alpha value is -1.02. The van der Waals surface area contributed by atoms with Gasteiger partial charge in [-0.3, -0.25) is 0 Å². The van der Waals surface area contributed by atoms with Gasteiger partial charge >= 0.3 is 0 Å². The molecule has 0 aliphatic heterocycles. The number of rotatable bonds is 4. The second-order valence-electron chi connectivity index (χ2n) is 3.05. The summed E-state index contributed by atoms with van der Waals surface area (Å²) in [6.45, 7) is 6.38. The zero-order valence-corrected chi connectivity index (χ0v) is 8.87. The van der Waals surface area contributed by atoms with E-state index in [1.54, 1.807) is 12.1 Å². The molecule has 0 unspecified atom stereocenters. The summed E-state index contributed by atoms with van der Waals surface area (Å²) in [5, 5.41) is 3.32. The summed E-state index contributed by atoms with van der Waals surface area (Å²) in [6, 6.07) is 4.61. The van der Waals surface area contributed by atoms with Gasteiger partial charge in [0.25, 0.3) is 0 Å². The van der Waals surface area contributed by atoms with Crippen LogP contribution in [0.1, 0.15) is 13.3 Å². The fourth-order valence-electron chi connectivity index (χ4n) is 1.01. The van der Waals surface area contributed by atoms with Crippen LogP contribution in [0.15, 0.2) is 30.4 Å². The van der Waals surface area contributed by atoms with E-state index in [0.717, 1.165) is 12.0 Å². The summed E-state index contributed by atoms with van der Waals surface area (Å²) in [4.78, 5) is 0. The molecule has 0 aliphatic carbocycles. The van der Waals surface area contributed by atoms with Crippen molar-refractivity contribution in [3.05, 3.63) is 41.2 Å². The molecule has 1 nitrogen and oxygen atoms in total. The molecule has 0 amide bonds. The molecular formula is C11H13ClFN. The second kappa shape index (κ2) is 5.01. The standard InChI is InChI=1S/C11H13ClFN/c1-3-8(2)7-14-11-9(12)5-4-6-10(11)13/h4-6,14H,2-3,7H2,1H3. The first-order valence-corrected chi connectivity index (χ1v) is 4.87. The number of halogens is 2. The third kappa shape index (κ3) is 2.74. The van der Waals surface area contributed by atoms with E-state index in [1.165, 1.54) is 6.07 Å². The molecule has 3 heteroatoms. The predicted octanol–water partition coefficient (Wildman–Crippen LogP) is 3.86. The molecule has 0 aliphatic rings. The number of hydrogen-bond donors (Lipinski definition) is 1. The van der Waals surface area contributed by atoms with Crippen molar-refractivity contribution in [2.75, 3.05) is 11.9 Å². The second-order valence-corrected chi connectivity index (χ2v) is 3.46. The van der Waals surface area contributed by atoms with Crippen LogP contribution in [-0.2, 0) is 0 Å². The first kappa shape index (κ1) is 11.1. The average molecular weight is 214 g/mol. The predicted molar refractivity (Wildman–Crippen MR) is 59.3 cm³/mol. The molecule has 0 spiro atoms. The Labute approximate surface area is 88.6 Å². The van der Waals surface area contributed by atoms with Crippen LogP contribution in [0.4, 0.5) is 10.1 Å². The quantitative estimate of drug-likeness (QED) is 0.749. The number of anilines is 1. The maximum Gasteiger partial charge on any atom is 0.147 e. The van der Waals surface area contributed by atoms with Crippen LogP contribution in [0.5, 0.6) is 0 Å². The minimum Gasteiger partial charge on any atom is -0.378 e. The molecule has 76 valence electrons. The largest absolute Gasteiger partial charge is 0.378 e. The van der Waals surface area contributed by atoms with E-state index in [-0.39, 0.29) is 5.82 Å². The zero-order chi connectivity index (χ0) is 10.6. The third-order valence-electron chi connectivity index (χ3n) is 1.98. The van der Waals surface area contributed by atoms with E-state index >= 15 is 0 Å². The molecule has 1 aromatic rings. The van der Waals surface area contributed by atoms with Gasteiger partial charge in [-0.25, -0.2) is 4.39 Å². The summed E-state index contributed by atoms with van der Waals surface area (Å²) in [6.07, 6.45) is 0.874. The molecule has 0 bridgehead atoms. The van der Waals surface area contributed by atoms with Gasteiger partial charge in [-0.1, -0.05) is 36.7 Å². The minimum atomic E-state index is -0.332. The van der Waals surface area contributed by atoms with Crippen molar-refractivity contribution in [2.24, 2.45) is 0 Å². The van der Waals surface area contributed by atoms with Gasteiger partial charge in [0.2, 0.25) is 0 Å². The SMILES string of the molecule is C=C(CC)CNc1c(F)cccc1Cl. The van der Waals surface area contributed by atoms with Crippen LogP contribution in [-0.4, -0.2) is 6.54 Å². The van der Waals surface area contributed by atoms with Gasteiger partial charge in [0.1, 0.15) is 5.82 Å². The molecule has 0 saturated carbocycles. The molecule has 0 heterocycles. The molecule has 0 aromatic heterocycles. The monoisotopic (exact) mass is 213 g/mol. The maximum absolute atomic E-state index is 13.2. The lowest BCUT2D eigenvalue weighted by atomic mass is 10.2. The van der Waals surface area contributed by atoms with Gasteiger partial charge in [-0.15, -0.1) is 0 Å². The number of benzene rings is 1. The fourth-order valence-corrected chi connectivity index (χ4v) is 1.23. The van der Waals surface area contributed by atoms with Crippen LogP contribution >= 0.6 is 11.6 Å². The van der Waals surface area contributed by atoms with Crippen LogP contribution in [0.25, 0.3) is 0 Å². The van der Waals surface area contributed by atoms with Crippen molar-refractivity contribution in [3.8, 4) is 0 Å². The van der Waals surface area contributed by atoms with E-state index in [0.29, 0.717) is 17.3 Å². The highest BCUT2D eigenvalue weighted by atomic mass is 35.5. The molecule has 1 aromatic carbocycles. The van der Waals surface area contributed by atoms with Crippen LogP contribution in [0.2, 0.25) is 5.02 Å². The maximum atomic E-state index is 13.2. The van der Waals surface area contributed by atoms with E-state index < -0.39 is 0 Å². The molecule has 1 N–H and O–H groups in total. The zero-order valence-electron chi connectivity index (χ0n) is 8.11. The van der Waals surface area contributed by atoms with Crippen molar-refractivity contribution in [2.45, 2.75) is 13.3 Å². The molecule has 14 heavy (non-hydrogen) atoms. The molecule has 1 rings (SSSR count). The van der Waals surface area contributed by atoms with Gasteiger partial charge < -0.3 is 5.32 Å². The van der Waals surface area contributed by atoms with Crippen LogP contribution < -0.4 is 5.32 Å². The van der Waals surface area contributed by atoms with Gasteiger partial charge in [-0.2, -0.15) is 0 Å². The van der Waals surface area contributed by atoms with Crippen molar-refractivity contribution in [1.82, 2.24) is 0 Å². The molecule has 0 atom stereocenters. The molecular weight excluding hydrogens is 201 g/mol. The minimum absolute atomic E-state index is 0.332. The molecule has 0 fully saturated rings. The average Bonchev–Trinajstić information content (AvgIpc) is 2.16. The Kier molecular flexibility index (Phi) is 3.96. The van der Waals surface area contributed by atoms with Gasteiger partial charge in [0.05, 0.1) is 10.7 Å². The summed E-state index contributed by atoms with van der Waals surface area (Å²) in [5.41, 5.74) is 1.37. The summed E-state index contributed by atoms with van der Waals surface area (Å²) in [5.74, 6) is -0.332. The summed E-state index contributed by atoms with van der Waals surface area (Å²) >= 11 is 5.82. The van der Waals surface area contributed by atoms with Crippen LogP contribution in [0, 0.1) is 5.82 Å². The molecule has 0 saturated heterocycles. The van der Waals surface area contributed by atoms with Gasteiger partial charge in [0.15, 0.2) is 0 Å². The van der Waals surface area contributed by atoms with Gasteiger partial charge in [0, 0.05) is 6.54 Å². The number of nitrogens with one attached hydrogen (secondary N) is 1. The first-order chi connectivity index (χ1) is 6.65. The lowest BCUT2D eigenvalue weighted by molar-refractivity contribution is 0.630.